The van der Waals surface area contributed by atoms with E-state index in [1.807, 2.05) is 18.2 Å². The molecule has 1 saturated carbocycles. The molecule has 0 aromatic heterocycles. The second-order valence-electron chi connectivity index (χ2n) is 5.48. The zero-order valence-electron chi connectivity index (χ0n) is 11.4. The molecule has 0 spiro atoms. The highest BCUT2D eigenvalue weighted by Crippen LogP contribution is 2.43. The summed E-state index contributed by atoms with van der Waals surface area (Å²) in [7, 11) is 0. The van der Waals surface area contributed by atoms with Crippen LogP contribution in [-0.2, 0) is 16.0 Å². The van der Waals surface area contributed by atoms with Crippen LogP contribution >= 0.6 is 0 Å². The van der Waals surface area contributed by atoms with Crippen molar-refractivity contribution >= 4 is 23.1 Å². The van der Waals surface area contributed by atoms with Crippen molar-refractivity contribution in [3.05, 3.63) is 35.4 Å². The number of hydrogen-bond donors (Lipinski definition) is 1. The zero-order chi connectivity index (χ0) is 14.3. The minimum absolute atomic E-state index is 0.0556. The van der Waals surface area contributed by atoms with Crippen LogP contribution in [0.3, 0.4) is 0 Å². The molecule has 1 fully saturated rings. The SMILES string of the molecule is CC(=O)N1CCc2cc(/C(=C/C(=O)O)C3CC3)ccc21. The summed E-state index contributed by atoms with van der Waals surface area (Å²) in [4.78, 5) is 24.3. The van der Waals surface area contributed by atoms with Gasteiger partial charge >= 0.3 is 5.97 Å². The average Bonchev–Trinajstić information content (AvgIpc) is 3.13. The number of nitrogens with zero attached hydrogens (tertiary/aromatic N) is 1. The first-order valence-corrected chi connectivity index (χ1v) is 6.92. The molecule has 2 aliphatic rings. The monoisotopic (exact) mass is 271 g/mol. The Morgan fingerprint density at radius 2 is 2.10 bits per heavy atom. The van der Waals surface area contributed by atoms with Gasteiger partial charge in [0.1, 0.15) is 0 Å². The summed E-state index contributed by atoms with van der Waals surface area (Å²) < 4.78 is 0. The molecule has 1 aliphatic heterocycles. The molecule has 1 aromatic carbocycles. The molecule has 0 saturated heterocycles. The summed E-state index contributed by atoms with van der Waals surface area (Å²) in [6.07, 6.45) is 4.30. The molecule has 1 heterocycles. The third-order valence-corrected chi connectivity index (χ3v) is 3.98. The highest BCUT2D eigenvalue weighted by atomic mass is 16.4. The van der Waals surface area contributed by atoms with Gasteiger partial charge in [-0.2, -0.15) is 0 Å². The molecule has 3 rings (SSSR count). The fourth-order valence-corrected chi connectivity index (χ4v) is 2.87. The lowest BCUT2D eigenvalue weighted by molar-refractivity contribution is -0.131. The van der Waals surface area contributed by atoms with Crippen LogP contribution in [0, 0.1) is 5.92 Å². The number of anilines is 1. The summed E-state index contributed by atoms with van der Waals surface area (Å²) in [5, 5.41) is 9.00. The standard InChI is InChI=1S/C16H17NO3/c1-10(18)17-7-6-13-8-12(4-5-15(13)17)14(9-16(19)20)11-2-3-11/h4-5,8-9,11H,2-3,6-7H2,1H3,(H,19,20)/b14-9+. The van der Waals surface area contributed by atoms with E-state index in [0.29, 0.717) is 5.92 Å². The van der Waals surface area contributed by atoms with Gasteiger partial charge in [-0.3, -0.25) is 4.79 Å². The number of allylic oxidation sites excluding steroid dienone is 1. The van der Waals surface area contributed by atoms with Gasteiger partial charge in [-0.25, -0.2) is 4.79 Å². The van der Waals surface area contributed by atoms with Crippen molar-refractivity contribution in [3.8, 4) is 0 Å². The molecule has 1 aromatic rings. The number of carbonyl (C=O) groups is 2. The molecule has 1 N–H and O–H groups in total. The van der Waals surface area contributed by atoms with Crippen LogP contribution in [0.5, 0.6) is 0 Å². The lowest BCUT2D eigenvalue weighted by atomic mass is 9.98. The molecule has 0 atom stereocenters. The number of carboxylic acids is 1. The Hall–Kier alpha value is -2.10. The molecule has 1 amide bonds. The molecule has 4 nitrogen and oxygen atoms in total. The quantitative estimate of drug-likeness (QED) is 0.859. The van der Waals surface area contributed by atoms with E-state index in [4.69, 9.17) is 5.11 Å². The van der Waals surface area contributed by atoms with E-state index in [0.717, 1.165) is 48.2 Å². The minimum Gasteiger partial charge on any atom is -0.478 e. The molecular formula is C16H17NO3. The Morgan fingerprint density at radius 1 is 1.35 bits per heavy atom. The van der Waals surface area contributed by atoms with Crippen molar-refractivity contribution in [1.29, 1.82) is 0 Å². The van der Waals surface area contributed by atoms with Crippen LogP contribution in [0.4, 0.5) is 5.69 Å². The number of aliphatic carboxylic acids is 1. The number of carboxylic acid groups (broad SMARTS) is 1. The molecule has 1 aliphatic carbocycles. The minimum atomic E-state index is -0.891. The third kappa shape index (κ3) is 2.33. The second kappa shape index (κ2) is 4.78. The maximum atomic E-state index is 11.5. The maximum absolute atomic E-state index is 11.5. The van der Waals surface area contributed by atoms with Crippen LogP contribution in [0.25, 0.3) is 5.57 Å². The number of amides is 1. The molecule has 0 radical (unpaired) electrons. The van der Waals surface area contributed by atoms with Crippen LogP contribution in [0.2, 0.25) is 0 Å². The Bertz CT molecular complexity index is 614. The molecule has 104 valence electrons. The molecule has 20 heavy (non-hydrogen) atoms. The summed E-state index contributed by atoms with van der Waals surface area (Å²) >= 11 is 0. The first-order valence-electron chi connectivity index (χ1n) is 6.92. The Labute approximate surface area is 117 Å². The Morgan fingerprint density at radius 3 is 2.70 bits per heavy atom. The zero-order valence-corrected chi connectivity index (χ0v) is 11.4. The highest BCUT2D eigenvalue weighted by Gasteiger charge is 2.29. The highest BCUT2D eigenvalue weighted by molar-refractivity contribution is 5.95. The van der Waals surface area contributed by atoms with E-state index in [1.54, 1.807) is 11.8 Å². The first kappa shape index (κ1) is 12.9. The van der Waals surface area contributed by atoms with Gasteiger partial charge in [0.15, 0.2) is 0 Å². The largest absolute Gasteiger partial charge is 0.478 e. The van der Waals surface area contributed by atoms with E-state index in [9.17, 15) is 9.59 Å². The second-order valence-corrected chi connectivity index (χ2v) is 5.48. The van der Waals surface area contributed by atoms with Crippen molar-refractivity contribution in [2.24, 2.45) is 5.92 Å². The van der Waals surface area contributed by atoms with Crippen molar-refractivity contribution < 1.29 is 14.7 Å². The average molecular weight is 271 g/mol. The number of rotatable bonds is 3. The van der Waals surface area contributed by atoms with Gasteiger partial charge < -0.3 is 10.0 Å². The summed E-state index contributed by atoms with van der Waals surface area (Å²) in [6, 6.07) is 5.93. The first-order chi connectivity index (χ1) is 9.56. The van der Waals surface area contributed by atoms with Crippen LogP contribution in [0.15, 0.2) is 24.3 Å². The molecule has 0 unspecified atom stereocenters. The molecule has 4 heteroatoms. The smallest absolute Gasteiger partial charge is 0.328 e. The predicted molar refractivity (Wildman–Crippen MR) is 76.5 cm³/mol. The van der Waals surface area contributed by atoms with E-state index in [1.165, 1.54) is 6.08 Å². The normalized spacial score (nSPS) is 18.1. The number of benzene rings is 1. The van der Waals surface area contributed by atoms with E-state index >= 15 is 0 Å². The maximum Gasteiger partial charge on any atom is 0.328 e. The number of fused-ring (bicyclic) bond motifs is 1. The van der Waals surface area contributed by atoms with Crippen molar-refractivity contribution in [1.82, 2.24) is 0 Å². The number of carbonyl (C=O) groups excluding carboxylic acids is 1. The van der Waals surface area contributed by atoms with Crippen molar-refractivity contribution in [3.63, 3.8) is 0 Å². The Balaban J connectivity index is 1.97. The van der Waals surface area contributed by atoms with Crippen molar-refractivity contribution in [2.45, 2.75) is 26.2 Å². The topological polar surface area (TPSA) is 57.6 Å². The summed E-state index contributed by atoms with van der Waals surface area (Å²) in [6.45, 7) is 2.29. The van der Waals surface area contributed by atoms with Gasteiger partial charge in [0.2, 0.25) is 5.91 Å². The predicted octanol–water partition coefficient (Wildman–Crippen LogP) is 2.47. The lowest BCUT2D eigenvalue weighted by Gasteiger charge is -2.15. The van der Waals surface area contributed by atoms with E-state index in [2.05, 4.69) is 0 Å². The van der Waals surface area contributed by atoms with E-state index in [-0.39, 0.29) is 5.91 Å². The van der Waals surface area contributed by atoms with Crippen LogP contribution in [-0.4, -0.2) is 23.5 Å². The van der Waals surface area contributed by atoms with Crippen LogP contribution < -0.4 is 4.90 Å². The molecule has 0 bridgehead atoms. The van der Waals surface area contributed by atoms with Gasteiger partial charge in [-0.15, -0.1) is 0 Å². The summed E-state index contributed by atoms with van der Waals surface area (Å²) in [5.41, 5.74) is 4.00. The Kier molecular flexibility index (Phi) is 3.08. The van der Waals surface area contributed by atoms with Gasteiger partial charge in [-0.05, 0) is 54.0 Å². The van der Waals surface area contributed by atoms with Gasteiger partial charge in [0.25, 0.3) is 0 Å². The fraction of sp³-hybridized carbons (Fsp3) is 0.375. The van der Waals surface area contributed by atoms with Crippen molar-refractivity contribution in [2.75, 3.05) is 11.4 Å². The van der Waals surface area contributed by atoms with E-state index < -0.39 is 5.97 Å². The fourth-order valence-electron chi connectivity index (χ4n) is 2.87. The third-order valence-electron chi connectivity index (χ3n) is 3.98. The van der Waals surface area contributed by atoms with Crippen LogP contribution in [0.1, 0.15) is 30.9 Å². The lowest BCUT2D eigenvalue weighted by Crippen LogP contribution is -2.25. The van der Waals surface area contributed by atoms with Gasteiger partial charge in [0, 0.05) is 25.2 Å². The van der Waals surface area contributed by atoms with Gasteiger partial charge in [-0.1, -0.05) is 6.07 Å². The summed E-state index contributed by atoms with van der Waals surface area (Å²) in [5.74, 6) is -0.452. The van der Waals surface area contributed by atoms with Gasteiger partial charge in [0.05, 0.1) is 0 Å². The number of hydrogen-bond acceptors (Lipinski definition) is 2. The molecular weight excluding hydrogens is 254 g/mol.